The summed E-state index contributed by atoms with van der Waals surface area (Å²) < 4.78 is 5.58. The highest BCUT2D eigenvalue weighted by Gasteiger charge is 2.47. The average molecular weight is 224 g/mol. The van der Waals surface area contributed by atoms with Gasteiger partial charge in [0.05, 0.1) is 11.7 Å². The maximum absolute atomic E-state index is 10.4. The molecule has 92 valence electrons. The minimum absolute atomic E-state index is 0.165. The number of hydrogen-bond donors (Lipinski definition) is 1. The minimum atomic E-state index is -0.212. The third-order valence-corrected chi connectivity index (χ3v) is 5.62. The molecular weight excluding hydrogens is 200 g/mol. The van der Waals surface area contributed by atoms with E-state index in [1.165, 1.54) is 32.1 Å². The third kappa shape index (κ3) is 1.62. The first-order valence-electron chi connectivity index (χ1n) is 6.97. The van der Waals surface area contributed by atoms with Gasteiger partial charge < -0.3 is 9.84 Å². The van der Waals surface area contributed by atoms with E-state index in [9.17, 15) is 5.11 Å². The summed E-state index contributed by atoms with van der Waals surface area (Å²) in [4.78, 5) is 0. The fourth-order valence-corrected chi connectivity index (χ4v) is 4.37. The zero-order chi connectivity index (χ0) is 11.2. The standard InChI is InChI=1S/C14H24O2/c1-16-14(5-2-6-14)13(15)9-12-8-10-3-4-11(12)7-10/h10-13,15H,2-9H2,1H3. The van der Waals surface area contributed by atoms with Gasteiger partial charge in [0, 0.05) is 7.11 Å². The molecule has 0 spiro atoms. The fraction of sp³-hybridized carbons (Fsp3) is 1.00. The molecule has 0 aliphatic heterocycles. The molecule has 3 fully saturated rings. The molecule has 0 radical (unpaired) electrons. The Kier molecular flexibility index (Phi) is 2.75. The Hall–Kier alpha value is -0.0800. The van der Waals surface area contributed by atoms with Gasteiger partial charge in [0.15, 0.2) is 0 Å². The number of fused-ring (bicyclic) bond motifs is 2. The quantitative estimate of drug-likeness (QED) is 0.795. The fourth-order valence-electron chi connectivity index (χ4n) is 4.37. The summed E-state index contributed by atoms with van der Waals surface area (Å²) in [6, 6.07) is 0. The van der Waals surface area contributed by atoms with Crippen LogP contribution >= 0.6 is 0 Å². The van der Waals surface area contributed by atoms with Crippen molar-refractivity contribution >= 4 is 0 Å². The molecule has 4 unspecified atom stereocenters. The van der Waals surface area contributed by atoms with Gasteiger partial charge in [0.25, 0.3) is 0 Å². The zero-order valence-electron chi connectivity index (χ0n) is 10.3. The highest BCUT2D eigenvalue weighted by molar-refractivity contribution is 4.99. The summed E-state index contributed by atoms with van der Waals surface area (Å²) in [6.07, 6.45) is 9.82. The Bertz CT molecular complexity index is 254. The predicted octanol–water partition coefficient (Wildman–Crippen LogP) is 2.74. The molecule has 0 amide bonds. The highest BCUT2D eigenvalue weighted by atomic mass is 16.5. The number of rotatable bonds is 4. The van der Waals surface area contributed by atoms with Crippen molar-refractivity contribution < 1.29 is 9.84 Å². The van der Waals surface area contributed by atoms with Crippen LogP contribution in [0.2, 0.25) is 0 Å². The summed E-state index contributed by atoms with van der Waals surface area (Å²) in [5.74, 6) is 2.71. The molecule has 3 aliphatic rings. The second-order valence-electron chi connectivity index (χ2n) is 6.31. The van der Waals surface area contributed by atoms with E-state index < -0.39 is 0 Å². The lowest BCUT2D eigenvalue weighted by Gasteiger charge is -2.45. The van der Waals surface area contributed by atoms with E-state index in [1.54, 1.807) is 7.11 Å². The molecule has 2 heteroatoms. The molecule has 0 heterocycles. The van der Waals surface area contributed by atoms with Crippen LogP contribution in [0.15, 0.2) is 0 Å². The van der Waals surface area contributed by atoms with E-state index in [1.807, 2.05) is 0 Å². The molecule has 4 atom stereocenters. The van der Waals surface area contributed by atoms with Gasteiger partial charge in [-0.05, 0) is 62.7 Å². The Morgan fingerprint density at radius 2 is 2.12 bits per heavy atom. The lowest BCUT2D eigenvalue weighted by atomic mass is 9.71. The SMILES string of the molecule is COC1(C(O)CC2CC3CCC2C3)CCC1. The van der Waals surface area contributed by atoms with Gasteiger partial charge in [-0.25, -0.2) is 0 Å². The smallest absolute Gasteiger partial charge is 0.0936 e. The van der Waals surface area contributed by atoms with E-state index in [0.717, 1.165) is 37.0 Å². The van der Waals surface area contributed by atoms with E-state index in [-0.39, 0.29) is 11.7 Å². The van der Waals surface area contributed by atoms with Crippen LogP contribution in [0, 0.1) is 17.8 Å². The Labute approximate surface area is 98.4 Å². The summed E-state index contributed by atoms with van der Waals surface area (Å²) in [7, 11) is 1.77. The second kappa shape index (κ2) is 3.99. The van der Waals surface area contributed by atoms with Gasteiger partial charge in [-0.15, -0.1) is 0 Å². The largest absolute Gasteiger partial charge is 0.390 e. The van der Waals surface area contributed by atoms with Crippen LogP contribution in [0.25, 0.3) is 0 Å². The van der Waals surface area contributed by atoms with Crippen LogP contribution in [-0.4, -0.2) is 23.9 Å². The van der Waals surface area contributed by atoms with Crippen molar-refractivity contribution in [3.63, 3.8) is 0 Å². The van der Waals surface area contributed by atoms with Crippen LogP contribution in [0.3, 0.4) is 0 Å². The van der Waals surface area contributed by atoms with E-state index in [0.29, 0.717) is 0 Å². The molecule has 0 aromatic rings. The van der Waals surface area contributed by atoms with Gasteiger partial charge in [-0.1, -0.05) is 6.42 Å². The number of ether oxygens (including phenoxy) is 1. The minimum Gasteiger partial charge on any atom is -0.390 e. The van der Waals surface area contributed by atoms with Gasteiger partial charge >= 0.3 is 0 Å². The Morgan fingerprint density at radius 1 is 1.31 bits per heavy atom. The lowest BCUT2D eigenvalue weighted by molar-refractivity contribution is -0.156. The summed E-state index contributed by atoms with van der Waals surface area (Å²) in [5, 5.41) is 10.4. The predicted molar refractivity (Wildman–Crippen MR) is 63.2 cm³/mol. The van der Waals surface area contributed by atoms with Crippen LogP contribution < -0.4 is 0 Å². The summed E-state index contributed by atoms with van der Waals surface area (Å²) in [6.45, 7) is 0. The third-order valence-electron chi connectivity index (χ3n) is 5.62. The van der Waals surface area contributed by atoms with Crippen LogP contribution in [-0.2, 0) is 4.74 Å². The van der Waals surface area contributed by atoms with Gasteiger partial charge in [0.1, 0.15) is 0 Å². The number of hydrogen-bond acceptors (Lipinski definition) is 2. The molecular formula is C14H24O2. The molecule has 2 bridgehead atoms. The van der Waals surface area contributed by atoms with Crippen molar-refractivity contribution in [3.8, 4) is 0 Å². The molecule has 3 aliphatic carbocycles. The molecule has 0 aromatic heterocycles. The normalized spacial score (nSPS) is 42.0. The zero-order valence-corrected chi connectivity index (χ0v) is 10.3. The molecule has 0 aromatic carbocycles. The number of aliphatic hydroxyl groups is 1. The molecule has 16 heavy (non-hydrogen) atoms. The van der Waals surface area contributed by atoms with Crippen molar-refractivity contribution in [2.45, 2.75) is 63.1 Å². The molecule has 1 N–H and O–H groups in total. The summed E-state index contributed by atoms with van der Waals surface area (Å²) >= 11 is 0. The van der Waals surface area contributed by atoms with Crippen molar-refractivity contribution in [3.05, 3.63) is 0 Å². The maximum Gasteiger partial charge on any atom is 0.0936 e. The van der Waals surface area contributed by atoms with Crippen LogP contribution in [0.4, 0.5) is 0 Å². The van der Waals surface area contributed by atoms with E-state index in [2.05, 4.69) is 0 Å². The highest BCUT2D eigenvalue weighted by Crippen LogP contribution is 2.51. The second-order valence-corrected chi connectivity index (χ2v) is 6.31. The molecule has 0 saturated heterocycles. The van der Waals surface area contributed by atoms with Crippen LogP contribution in [0.1, 0.15) is 51.4 Å². The van der Waals surface area contributed by atoms with Gasteiger partial charge in [-0.2, -0.15) is 0 Å². The molecule has 2 nitrogen and oxygen atoms in total. The van der Waals surface area contributed by atoms with Gasteiger partial charge in [0.2, 0.25) is 0 Å². The van der Waals surface area contributed by atoms with E-state index >= 15 is 0 Å². The van der Waals surface area contributed by atoms with Crippen molar-refractivity contribution in [1.29, 1.82) is 0 Å². The molecule has 3 rings (SSSR count). The monoisotopic (exact) mass is 224 g/mol. The Morgan fingerprint density at radius 3 is 2.56 bits per heavy atom. The number of methoxy groups -OCH3 is 1. The van der Waals surface area contributed by atoms with Crippen molar-refractivity contribution in [2.75, 3.05) is 7.11 Å². The average Bonchev–Trinajstić information content (AvgIpc) is 2.78. The topological polar surface area (TPSA) is 29.5 Å². The van der Waals surface area contributed by atoms with Gasteiger partial charge in [-0.3, -0.25) is 0 Å². The maximum atomic E-state index is 10.4. The summed E-state index contributed by atoms with van der Waals surface area (Å²) in [5.41, 5.74) is -0.165. The first kappa shape index (κ1) is 11.0. The molecule has 3 saturated carbocycles. The first-order chi connectivity index (χ1) is 7.73. The number of aliphatic hydroxyl groups excluding tert-OH is 1. The van der Waals surface area contributed by atoms with Crippen LogP contribution in [0.5, 0.6) is 0 Å². The first-order valence-corrected chi connectivity index (χ1v) is 6.97. The van der Waals surface area contributed by atoms with Crippen molar-refractivity contribution in [2.24, 2.45) is 17.8 Å². The lowest BCUT2D eigenvalue weighted by Crippen LogP contribution is -2.50. The van der Waals surface area contributed by atoms with Crippen molar-refractivity contribution in [1.82, 2.24) is 0 Å². The van der Waals surface area contributed by atoms with E-state index in [4.69, 9.17) is 4.74 Å². The Balaban J connectivity index is 1.58.